The van der Waals surface area contributed by atoms with E-state index in [1.807, 2.05) is 0 Å². The number of benzene rings is 1. The van der Waals surface area contributed by atoms with Crippen molar-refractivity contribution >= 4 is 0 Å². The predicted molar refractivity (Wildman–Crippen MR) is 108 cm³/mol. The van der Waals surface area contributed by atoms with Gasteiger partial charge in [-0.25, -0.2) is 0 Å². The highest BCUT2D eigenvalue weighted by Gasteiger charge is 2.30. The minimum absolute atomic E-state index is 0.803. The third kappa shape index (κ3) is 4.66. The van der Waals surface area contributed by atoms with Crippen LogP contribution in [-0.4, -0.2) is 84.2 Å². The second-order valence-corrected chi connectivity index (χ2v) is 8.59. The lowest BCUT2D eigenvalue weighted by Crippen LogP contribution is -2.44. The molecule has 0 aromatic heterocycles. The molecule has 0 N–H and O–H groups in total. The van der Waals surface area contributed by atoms with Crippen LogP contribution in [0.3, 0.4) is 0 Å². The molecule has 144 valence electrons. The molecular formula is C22H36N4. The lowest BCUT2D eigenvalue weighted by molar-refractivity contribution is 0.105. The van der Waals surface area contributed by atoms with Crippen LogP contribution in [0.5, 0.6) is 0 Å². The second kappa shape index (κ2) is 8.83. The first-order valence-corrected chi connectivity index (χ1v) is 10.7. The van der Waals surface area contributed by atoms with E-state index in [0.29, 0.717) is 0 Å². The van der Waals surface area contributed by atoms with Crippen molar-refractivity contribution < 1.29 is 0 Å². The topological polar surface area (TPSA) is 13.0 Å². The Labute approximate surface area is 159 Å². The van der Waals surface area contributed by atoms with Gasteiger partial charge in [-0.2, -0.15) is 0 Å². The van der Waals surface area contributed by atoms with Gasteiger partial charge in [0.2, 0.25) is 0 Å². The zero-order valence-corrected chi connectivity index (χ0v) is 16.5. The van der Waals surface area contributed by atoms with Crippen LogP contribution in [0.2, 0.25) is 0 Å². The first-order chi connectivity index (χ1) is 12.8. The number of hydrogen-bond acceptors (Lipinski definition) is 4. The van der Waals surface area contributed by atoms with Crippen molar-refractivity contribution in [2.45, 2.75) is 51.2 Å². The minimum atomic E-state index is 0.803. The Hall–Kier alpha value is -0.940. The molecular weight excluding hydrogens is 320 g/mol. The molecule has 3 saturated heterocycles. The summed E-state index contributed by atoms with van der Waals surface area (Å²) in [7, 11) is 0. The van der Waals surface area contributed by atoms with E-state index in [2.05, 4.69) is 56.9 Å². The van der Waals surface area contributed by atoms with Gasteiger partial charge in [0.15, 0.2) is 0 Å². The summed E-state index contributed by atoms with van der Waals surface area (Å²) in [5.41, 5.74) is 1.45. The third-order valence-corrected chi connectivity index (χ3v) is 6.80. The van der Waals surface area contributed by atoms with Gasteiger partial charge in [0.1, 0.15) is 0 Å². The summed E-state index contributed by atoms with van der Waals surface area (Å²) < 4.78 is 0. The van der Waals surface area contributed by atoms with Crippen molar-refractivity contribution in [2.75, 3.05) is 52.5 Å². The molecule has 4 nitrogen and oxygen atoms in total. The predicted octanol–water partition coefficient (Wildman–Crippen LogP) is 2.71. The van der Waals surface area contributed by atoms with E-state index in [4.69, 9.17) is 0 Å². The first-order valence-electron chi connectivity index (χ1n) is 10.7. The summed E-state index contributed by atoms with van der Waals surface area (Å²) >= 11 is 0. The monoisotopic (exact) mass is 356 g/mol. The molecule has 0 spiro atoms. The van der Waals surface area contributed by atoms with Gasteiger partial charge in [-0.05, 0) is 57.8 Å². The van der Waals surface area contributed by atoms with E-state index < -0.39 is 0 Å². The van der Waals surface area contributed by atoms with Crippen LogP contribution in [0.4, 0.5) is 0 Å². The van der Waals surface area contributed by atoms with E-state index in [-0.39, 0.29) is 0 Å². The molecule has 3 heterocycles. The maximum absolute atomic E-state index is 2.76. The number of piperidine rings is 1. The lowest BCUT2D eigenvalue weighted by Gasteiger charge is -2.36. The van der Waals surface area contributed by atoms with E-state index in [1.165, 1.54) is 83.7 Å². The van der Waals surface area contributed by atoms with E-state index >= 15 is 0 Å². The molecule has 3 aliphatic rings. The molecule has 3 aliphatic heterocycles. The van der Waals surface area contributed by atoms with Crippen molar-refractivity contribution in [1.29, 1.82) is 0 Å². The van der Waals surface area contributed by atoms with E-state index in [1.54, 1.807) is 0 Å². The van der Waals surface area contributed by atoms with Crippen LogP contribution in [0.1, 0.15) is 38.2 Å². The molecule has 0 saturated carbocycles. The quantitative estimate of drug-likeness (QED) is 0.777. The molecule has 26 heavy (non-hydrogen) atoms. The SMILES string of the molecule is C[C@H]1CCCN1CCN1CCN(C2CCN(Cc3ccccc3)CC2)C1. The molecule has 4 heteroatoms. The standard InChI is InChI=1S/C22H36N4/c1-20-6-5-11-25(20)16-14-24-15-17-26(19-24)22-9-12-23(13-10-22)18-21-7-3-2-4-8-21/h2-4,7-8,20,22H,5-6,9-19H2,1H3/t20-/m0/s1. The van der Waals surface area contributed by atoms with Crippen LogP contribution < -0.4 is 0 Å². The first kappa shape index (κ1) is 18.4. The van der Waals surface area contributed by atoms with Crippen LogP contribution in [0.25, 0.3) is 0 Å². The van der Waals surface area contributed by atoms with Crippen molar-refractivity contribution in [2.24, 2.45) is 0 Å². The van der Waals surface area contributed by atoms with Crippen molar-refractivity contribution in [1.82, 2.24) is 19.6 Å². The molecule has 0 unspecified atom stereocenters. The van der Waals surface area contributed by atoms with Gasteiger partial charge in [0.05, 0.1) is 6.67 Å². The van der Waals surface area contributed by atoms with Gasteiger partial charge in [-0.3, -0.25) is 19.6 Å². The van der Waals surface area contributed by atoms with Gasteiger partial charge < -0.3 is 0 Å². The van der Waals surface area contributed by atoms with Crippen LogP contribution in [0, 0.1) is 0 Å². The summed E-state index contributed by atoms with van der Waals surface area (Å²) in [5.74, 6) is 0. The Morgan fingerprint density at radius 1 is 0.846 bits per heavy atom. The second-order valence-electron chi connectivity index (χ2n) is 8.59. The van der Waals surface area contributed by atoms with Gasteiger partial charge in [-0.15, -0.1) is 0 Å². The minimum Gasteiger partial charge on any atom is -0.299 e. The molecule has 3 fully saturated rings. The Morgan fingerprint density at radius 2 is 1.65 bits per heavy atom. The molecule has 4 rings (SSSR count). The molecule has 0 amide bonds. The summed E-state index contributed by atoms with van der Waals surface area (Å²) in [4.78, 5) is 10.8. The highest BCUT2D eigenvalue weighted by Crippen LogP contribution is 2.22. The fourth-order valence-corrected chi connectivity index (χ4v) is 5.03. The normalized spacial score (nSPS) is 27.5. The Morgan fingerprint density at radius 3 is 2.38 bits per heavy atom. The zero-order valence-electron chi connectivity index (χ0n) is 16.5. The summed E-state index contributed by atoms with van der Waals surface area (Å²) in [5, 5.41) is 0. The number of likely N-dealkylation sites (tertiary alicyclic amines) is 2. The van der Waals surface area contributed by atoms with E-state index in [9.17, 15) is 0 Å². The molecule has 0 radical (unpaired) electrons. The average Bonchev–Trinajstić information content (AvgIpc) is 3.30. The molecule has 1 aromatic carbocycles. The third-order valence-electron chi connectivity index (χ3n) is 6.80. The van der Waals surface area contributed by atoms with Gasteiger partial charge in [-0.1, -0.05) is 30.3 Å². The Kier molecular flexibility index (Phi) is 6.26. The van der Waals surface area contributed by atoms with Gasteiger partial charge in [0.25, 0.3) is 0 Å². The van der Waals surface area contributed by atoms with Crippen LogP contribution >= 0.6 is 0 Å². The number of rotatable bonds is 6. The van der Waals surface area contributed by atoms with Crippen molar-refractivity contribution in [3.63, 3.8) is 0 Å². The average molecular weight is 357 g/mol. The number of nitrogens with zero attached hydrogens (tertiary/aromatic N) is 4. The largest absolute Gasteiger partial charge is 0.299 e. The molecule has 1 aromatic rings. The van der Waals surface area contributed by atoms with E-state index in [0.717, 1.165) is 18.6 Å². The highest BCUT2D eigenvalue weighted by atomic mass is 15.4. The fourth-order valence-electron chi connectivity index (χ4n) is 5.03. The van der Waals surface area contributed by atoms with Gasteiger partial charge >= 0.3 is 0 Å². The highest BCUT2D eigenvalue weighted by molar-refractivity contribution is 5.14. The lowest BCUT2D eigenvalue weighted by atomic mass is 10.0. The zero-order chi connectivity index (χ0) is 17.8. The molecule has 0 aliphatic carbocycles. The summed E-state index contributed by atoms with van der Waals surface area (Å²) in [6, 6.07) is 12.5. The molecule has 0 bridgehead atoms. The van der Waals surface area contributed by atoms with Crippen molar-refractivity contribution in [3.8, 4) is 0 Å². The van der Waals surface area contributed by atoms with Crippen LogP contribution in [0.15, 0.2) is 30.3 Å². The maximum Gasteiger partial charge on any atom is 0.0510 e. The van der Waals surface area contributed by atoms with Crippen molar-refractivity contribution in [3.05, 3.63) is 35.9 Å². The van der Waals surface area contributed by atoms with Crippen LogP contribution in [-0.2, 0) is 6.54 Å². The Balaban J connectivity index is 1.17. The Bertz CT molecular complexity index is 540. The summed E-state index contributed by atoms with van der Waals surface area (Å²) in [6.45, 7) is 13.6. The smallest absolute Gasteiger partial charge is 0.0510 e. The molecule has 1 atom stereocenters. The number of hydrogen-bond donors (Lipinski definition) is 0. The van der Waals surface area contributed by atoms with Gasteiger partial charge in [0, 0.05) is 44.8 Å². The maximum atomic E-state index is 2.76. The summed E-state index contributed by atoms with van der Waals surface area (Å²) in [6.07, 6.45) is 5.47. The fraction of sp³-hybridized carbons (Fsp3) is 0.727.